The van der Waals surface area contributed by atoms with Crippen molar-refractivity contribution in [2.75, 3.05) is 6.61 Å². The van der Waals surface area contributed by atoms with Crippen molar-refractivity contribution < 1.29 is 9.15 Å². The van der Waals surface area contributed by atoms with Gasteiger partial charge in [-0.15, -0.1) is 0 Å². The summed E-state index contributed by atoms with van der Waals surface area (Å²) in [7, 11) is 0. The third kappa shape index (κ3) is 2.02. The molecule has 18 heavy (non-hydrogen) atoms. The Morgan fingerprint density at radius 3 is 2.94 bits per heavy atom. The van der Waals surface area contributed by atoms with Crippen LogP contribution in [0.3, 0.4) is 0 Å². The molecule has 0 bridgehead atoms. The molecule has 1 aromatic carbocycles. The van der Waals surface area contributed by atoms with Gasteiger partial charge in [0.1, 0.15) is 18.1 Å². The highest BCUT2D eigenvalue weighted by molar-refractivity contribution is 5.39. The van der Waals surface area contributed by atoms with Crippen LogP contribution in [0.2, 0.25) is 0 Å². The predicted octanol–water partition coefficient (Wildman–Crippen LogP) is 3.45. The van der Waals surface area contributed by atoms with Crippen LogP contribution >= 0.6 is 0 Å². The third-order valence-corrected chi connectivity index (χ3v) is 3.40. The van der Waals surface area contributed by atoms with Crippen LogP contribution in [0.1, 0.15) is 36.8 Å². The Labute approximate surface area is 107 Å². The topological polar surface area (TPSA) is 34.4 Å². The molecule has 0 saturated heterocycles. The first-order chi connectivity index (χ1) is 8.88. The third-order valence-electron chi connectivity index (χ3n) is 3.40. The molecule has 0 amide bonds. The fourth-order valence-corrected chi connectivity index (χ4v) is 2.43. The minimum Gasteiger partial charge on any atom is -0.491 e. The Hall–Kier alpha value is -1.74. The van der Waals surface area contributed by atoms with E-state index in [4.69, 9.17) is 9.15 Å². The lowest BCUT2D eigenvalue weighted by Crippen LogP contribution is -2.26. The summed E-state index contributed by atoms with van der Waals surface area (Å²) in [5.74, 6) is 1.98. The minimum absolute atomic E-state index is 0.236. The molecule has 0 spiro atoms. The van der Waals surface area contributed by atoms with Crippen molar-refractivity contribution in [3.63, 3.8) is 0 Å². The first-order valence-corrected chi connectivity index (χ1v) is 6.39. The zero-order valence-electron chi connectivity index (χ0n) is 10.4. The van der Waals surface area contributed by atoms with E-state index in [0.29, 0.717) is 6.61 Å². The summed E-state index contributed by atoms with van der Waals surface area (Å²) < 4.78 is 11.2. The molecule has 2 unspecified atom stereocenters. The molecular weight excluding hydrogens is 226 g/mol. The molecule has 0 saturated carbocycles. The second-order valence-corrected chi connectivity index (χ2v) is 4.54. The Morgan fingerprint density at radius 1 is 1.28 bits per heavy atom. The summed E-state index contributed by atoms with van der Waals surface area (Å²) in [5, 5.41) is 3.61. The Bertz CT molecular complexity index is 507. The van der Waals surface area contributed by atoms with Crippen LogP contribution in [0.25, 0.3) is 0 Å². The van der Waals surface area contributed by atoms with Gasteiger partial charge in [0.15, 0.2) is 0 Å². The van der Waals surface area contributed by atoms with Gasteiger partial charge in [0, 0.05) is 5.56 Å². The molecular formula is C15H17NO2. The lowest BCUT2D eigenvalue weighted by Gasteiger charge is -2.19. The average Bonchev–Trinajstić information content (AvgIpc) is 3.06. The molecule has 3 nitrogen and oxygen atoms in total. The van der Waals surface area contributed by atoms with E-state index in [-0.39, 0.29) is 12.1 Å². The SMILES string of the molecule is CCC(NC1COc2ccccc21)c1ccco1. The summed E-state index contributed by atoms with van der Waals surface area (Å²) in [6.07, 6.45) is 2.71. The van der Waals surface area contributed by atoms with Crippen molar-refractivity contribution in [1.82, 2.24) is 5.32 Å². The highest BCUT2D eigenvalue weighted by atomic mass is 16.5. The van der Waals surface area contributed by atoms with E-state index in [1.165, 1.54) is 5.56 Å². The van der Waals surface area contributed by atoms with Gasteiger partial charge in [-0.3, -0.25) is 5.32 Å². The Morgan fingerprint density at radius 2 is 2.17 bits per heavy atom. The summed E-state index contributed by atoms with van der Waals surface area (Å²) in [6.45, 7) is 2.85. The molecule has 2 heterocycles. The van der Waals surface area contributed by atoms with E-state index in [9.17, 15) is 0 Å². The van der Waals surface area contributed by atoms with E-state index in [1.54, 1.807) is 6.26 Å². The van der Waals surface area contributed by atoms with Crippen LogP contribution in [-0.4, -0.2) is 6.61 Å². The van der Waals surface area contributed by atoms with Gasteiger partial charge in [-0.05, 0) is 24.6 Å². The fourth-order valence-electron chi connectivity index (χ4n) is 2.43. The van der Waals surface area contributed by atoms with Crippen molar-refractivity contribution in [1.29, 1.82) is 0 Å². The maximum absolute atomic E-state index is 5.68. The van der Waals surface area contributed by atoms with E-state index in [2.05, 4.69) is 24.4 Å². The number of rotatable bonds is 4. The first kappa shape index (κ1) is 11.4. The van der Waals surface area contributed by atoms with Gasteiger partial charge in [-0.2, -0.15) is 0 Å². The molecule has 3 heteroatoms. The van der Waals surface area contributed by atoms with E-state index in [1.807, 2.05) is 24.3 Å². The maximum Gasteiger partial charge on any atom is 0.124 e. The summed E-state index contributed by atoms with van der Waals surface area (Å²) in [6, 6.07) is 12.6. The molecule has 94 valence electrons. The molecule has 0 radical (unpaired) electrons. The summed E-state index contributed by atoms with van der Waals surface area (Å²) in [5.41, 5.74) is 1.24. The number of furan rings is 1. The maximum atomic E-state index is 5.68. The fraction of sp³-hybridized carbons (Fsp3) is 0.333. The molecule has 0 fully saturated rings. The standard InChI is InChI=1S/C15H17NO2/c1-2-12(15-8-5-9-17-15)16-13-10-18-14-7-4-3-6-11(13)14/h3-9,12-13,16H,2,10H2,1H3. The number of benzene rings is 1. The van der Waals surface area contributed by atoms with Crippen LogP contribution < -0.4 is 10.1 Å². The quantitative estimate of drug-likeness (QED) is 0.893. The zero-order chi connectivity index (χ0) is 12.4. The van der Waals surface area contributed by atoms with Crippen molar-refractivity contribution in [3.8, 4) is 5.75 Å². The highest BCUT2D eigenvalue weighted by Gasteiger charge is 2.26. The summed E-state index contributed by atoms with van der Waals surface area (Å²) in [4.78, 5) is 0. The van der Waals surface area contributed by atoms with Gasteiger partial charge in [0.2, 0.25) is 0 Å². The van der Waals surface area contributed by atoms with Gasteiger partial charge < -0.3 is 9.15 Å². The van der Waals surface area contributed by atoms with E-state index >= 15 is 0 Å². The number of para-hydroxylation sites is 1. The van der Waals surface area contributed by atoms with Crippen LogP contribution in [0.5, 0.6) is 5.75 Å². The number of ether oxygens (including phenoxy) is 1. The normalized spacial score (nSPS) is 19.3. The Balaban J connectivity index is 1.77. The van der Waals surface area contributed by atoms with Gasteiger partial charge >= 0.3 is 0 Å². The highest BCUT2D eigenvalue weighted by Crippen LogP contribution is 2.33. The van der Waals surface area contributed by atoms with Gasteiger partial charge in [0.25, 0.3) is 0 Å². The molecule has 1 aliphatic rings. The predicted molar refractivity (Wildman–Crippen MR) is 69.6 cm³/mol. The van der Waals surface area contributed by atoms with Gasteiger partial charge in [0.05, 0.1) is 18.3 Å². The largest absolute Gasteiger partial charge is 0.491 e. The van der Waals surface area contributed by atoms with Crippen molar-refractivity contribution >= 4 is 0 Å². The average molecular weight is 243 g/mol. The molecule has 2 atom stereocenters. The number of nitrogens with one attached hydrogen (secondary N) is 1. The van der Waals surface area contributed by atoms with Crippen LogP contribution in [0.4, 0.5) is 0 Å². The van der Waals surface area contributed by atoms with E-state index < -0.39 is 0 Å². The first-order valence-electron chi connectivity index (χ1n) is 6.39. The van der Waals surface area contributed by atoms with Gasteiger partial charge in [-0.25, -0.2) is 0 Å². The molecule has 3 rings (SSSR count). The second-order valence-electron chi connectivity index (χ2n) is 4.54. The number of hydrogen-bond acceptors (Lipinski definition) is 3. The smallest absolute Gasteiger partial charge is 0.124 e. The molecule has 0 aliphatic carbocycles. The summed E-state index contributed by atoms with van der Waals surface area (Å²) >= 11 is 0. The van der Waals surface area contributed by atoms with Crippen LogP contribution in [0.15, 0.2) is 47.1 Å². The van der Waals surface area contributed by atoms with Gasteiger partial charge in [-0.1, -0.05) is 25.1 Å². The van der Waals surface area contributed by atoms with Crippen molar-refractivity contribution in [3.05, 3.63) is 54.0 Å². The minimum atomic E-state index is 0.236. The second kappa shape index (κ2) is 4.86. The Kier molecular flexibility index (Phi) is 3.07. The molecule has 1 aliphatic heterocycles. The lowest BCUT2D eigenvalue weighted by molar-refractivity contribution is 0.284. The lowest BCUT2D eigenvalue weighted by atomic mass is 10.1. The van der Waals surface area contributed by atoms with Crippen molar-refractivity contribution in [2.45, 2.75) is 25.4 Å². The monoisotopic (exact) mass is 243 g/mol. The zero-order valence-corrected chi connectivity index (χ0v) is 10.4. The molecule has 1 N–H and O–H groups in total. The van der Waals surface area contributed by atoms with Crippen molar-refractivity contribution in [2.24, 2.45) is 0 Å². The number of hydrogen-bond donors (Lipinski definition) is 1. The molecule has 1 aromatic heterocycles. The number of fused-ring (bicyclic) bond motifs is 1. The van der Waals surface area contributed by atoms with E-state index in [0.717, 1.165) is 17.9 Å². The van der Waals surface area contributed by atoms with Crippen LogP contribution in [0, 0.1) is 0 Å². The van der Waals surface area contributed by atoms with Crippen LogP contribution in [-0.2, 0) is 0 Å². The molecule has 2 aromatic rings.